The van der Waals surface area contributed by atoms with Crippen LogP contribution >= 0.6 is 0 Å². The molecule has 0 nitrogen and oxygen atoms in total. The van der Waals surface area contributed by atoms with Gasteiger partial charge in [-0.3, -0.25) is 0 Å². The maximum atomic E-state index is 2.60. The Labute approximate surface area is 227 Å². The van der Waals surface area contributed by atoms with Crippen molar-refractivity contribution < 1.29 is 0 Å². The van der Waals surface area contributed by atoms with Crippen LogP contribution in [0.15, 0.2) is 152 Å². The maximum absolute atomic E-state index is 2.60. The molecule has 2 unspecified atom stereocenters. The van der Waals surface area contributed by atoms with Crippen LogP contribution in [0, 0.1) is 11.8 Å². The van der Waals surface area contributed by atoms with E-state index in [4.69, 9.17) is 0 Å². The van der Waals surface area contributed by atoms with Gasteiger partial charge in [0.1, 0.15) is 0 Å². The summed E-state index contributed by atoms with van der Waals surface area (Å²) in [5, 5.41) is 0. The second-order valence-corrected chi connectivity index (χ2v) is 12.1. The van der Waals surface area contributed by atoms with Gasteiger partial charge in [-0.05, 0) is 131 Å². The van der Waals surface area contributed by atoms with E-state index in [0.717, 1.165) is 0 Å². The Hall–Kier alpha value is -3.38. The van der Waals surface area contributed by atoms with E-state index in [1.54, 1.807) is 61.3 Å². The van der Waals surface area contributed by atoms with Crippen LogP contribution in [-0.4, -0.2) is 0 Å². The lowest BCUT2D eigenvalue weighted by Crippen LogP contribution is -2.27. The molecule has 0 bridgehead atoms. The standard InChI is InChI=1S/C38H36/c1-2-5-25(6-3-1)26-9-11-27(12-10-26)31-15-16-33-24-34(18-17-32(33)23-31)35-21-19-30-14-13-28-7-4-8-29-20-22-36(35)38(30)37(28)29/h1-2,4-5,7-9,11,13-14,20,22-24,28,37H,3,6,10,12,15-19,21H2. The average Bonchev–Trinajstić information content (AvgIpc) is 3.00. The predicted molar refractivity (Wildman–Crippen MR) is 159 cm³/mol. The SMILES string of the molecule is C1=CCCC(C2=CC=C(C3=CC4=C(C=C(C5=C6C=CC7=CC=CC8C=CC(=C6C78)CC5)CC4)CC3)CC2)=C1. The summed E-state index contributed by atoms with van der Waals surface area (Å²) in [7, 11) is 0. The van der Waals surface area contributed by atoms with E-state index in [1.165, 1.54) is 69.8 Å². The van der Waals surface area contributed by atoms with Crippen molar-refractivity contribution in [2.24, 2.45) is 11.8 Å². The predicted octanol–water partition coefficient (Wildman–Crippen LogP) is 9.90. The van der Waals surface area contributed by atoms with Crippen molar-refractivity contribution in [2.75, 3.05) is 0 Å². The van der Waals surface area contributed by atoms with Crippen LogP contribution in [0.25, 0.3) is 0 Å². The summed E-state index contributed by atoms with van der Waals surface area (Å²) in [6.45, 7) is 0. The minimum atomic E-state index is 0.529. The van der Waals surface area contributed by atoms with Crippen LogP contribution in [0.3, 0.4) is 0 Å². The van der Waals surface area contributed by atoms with Crippen molar-refractivity contribution in [3.05, 3.63) is 152 Å². The van der Waals surface area contributed by atoms with Crippen LogP contribution in [0.4, 0.5) is 0 Å². The third-order valence-electron chi connectivity index (χ3n) is 10.1. The molecule has 0 spiro atoms. The summed E-state index contributed by atoms with van der Waals surface area (Å²) in [6, 6.07) is 0. The van der Waals surface area contributed by atoms with E-state index in [9.17, 15) is 0 Å². The lowest BCUT2D eigenvalue weighted by molar-refractivity contribution is 0.584. The number of hydrogen-bond acceptors (Lipinski definition) is 0. The van der Waals surface area contributed by atoms with Crippen LogP contribution in [0.2, 0.25) is 0 Å². The van der Waals surface area contributed by atoms with Crippen molar-refractivity contribution in [3.8, 4) is 0 Å². The van der Waals surface area contributed by atoms with Crippen molar-refractivity contribution in [1.82, 2.24) is 0 Å². The second kappa shape index (κ2) is 9.12. The lowest BCUT2D eigenvalue weighted by atomic mass is 9.64. The first-order valence-corrected chi connectivity index (χ1v) is 14.9. The molecular formula is C38H36. The maximum Gasteiger partial charge on any atom is 0.0196 e. The van der Waals surface area contributed by atoms with Crippen LogP contribution < -0.4 is 0 Å². The van der Waals surface area contributed by atoms with Gasteiger partial charge in [0.25, 0.3) is 0 Å². The number of hydrogen-bond donors (Lipinski definition) is 0. The third kappa shape index (κ3) is 3.72. The Balaban J connectivity index is 1.09. The molecule has 0 saturated heterocycles. The molecule has 0 aliphatic heterocycles. The Kier molecular flexibility index (Phi) is 5.42. The number of allylic oxidation sites excluding steroid dienone is 26. The highest BCUT2D eigenvalue weighted by Gasteiger charge is 2.37. The molecule has 0 saturated carbocycles. The minimum Gasteiger partial charge on any atom is -0.0842 e. The summed E-state index contributed by atoms with van der Waals surface area (Å²) in [4.78, 5) is 0. The Bertz CT molecular complexity index is 1530. The fourth-order valence-corrected chi connectivity index (χ4v) is 8.05. The lowest BCUT2D eigenvalue weighted by Gasteiger charge is -2.40. The van der Waals surface area contributed by atoms with E-state index in [1.807, 2.05) is 0 Å². The van der Waals surface area contributed by atoms with E-state index >= 15 is 0 Å². The highest BCUT2D eigenvalue weighted by atomic mass is 14.4. The molecule has 0 N–H and O–H groups in total. The third-order valence-corrected chi connectivity index (χ3v) is 10.1. The first kappa shape index (κ1) is 22.6. The monoisotopic (exact) mass is 492 g/mol. The number of rotatable bonds is 3. The van der Waals surface area contributed by atoms with Crippen molar-refractivity contribution in [2.45, 2.75) is 64.2 Å². The largest absolute Gasteiger partial charge is 0.0842 e. The molecule has 8 rings (SSSR count). The zero-order valence-corrected chi connectivity index (χ0v) is 22.3. The van der Waals surface area contributed by atoms with Crippen LogP contribution in [-0.2, 0) is 0 Å². The normalized spacial score (nSPS) is 29.3. The van der Waals surface area contributed by atoms with E-state index in [0.29, 0.717) is 11.8 Å². The Morgan fingerprint density at radius 1 is 0.526 bits per heavy atom. The summed E-state index contributed by atoms with van der Waals surface area (Å²) in [6.07, 6.45) is 45.5. The van der Waals surface area contributed by atoms with Gasteiger partial charge in [0, 0.05) is 11.8 Å². The summed E-state index contributed by atoms with van der Waals surface area (Å²) in [5.41, 5.74) is 19.0. The summed E-state index contributed by atoms with van der Waals surface area (Å²) >= 11 is 0. The molecule has 2 atom stereocenters. The zero-order chi connectivity index (χ0) is 25.1. The van der Waals surface area contributed by atoms with Gasteiger partial charge < -0.3 is 0 Å². The van der Waals surface area contributed by atoms with Crippen molar-refractivity contribution in [1.29, 1.82) is 0 Å². The molecule has 0 aromatic heterocycles. The van der Waals surface area contributed by atoms with Gasteiger partial charge >= 0.3 is 0 Å². The molecule has 0 aromatic rings. The smallest absolute Gasteiger partial charge is 0.0196 e. The quantitative estimate of drug-likeness (QED) is 0.368. The van der Waals surface area contributed by atoms with Gasteiger partial charge in [0.15, 0.2) is 0 Å². The first-order chi connectivity index (χ1) is 18.8. The minimum absolute atomic E-state index is 0.529. The molecule has 8 aliphatic carbocycles. The zero-order valence-electron chi connectivity index (χ0n) is 22.3. The second-order valence-electron chi connectivity index (χ2n) is 12.1. The molecule has 0 aromatic carbocycles. The summed E-state index contributed by atoms with van der Waals surface area (Å²) in [5.74, 6) is 1.07. The molecule has 38 heavy (non-hydrogen) atoms. The molecule has 0 fully saturated rings. The van der Waals surface area contributed by atoms with Gasteiger partial charge in [-0.1, -0.05) is 85.1 Å². The fourth-order valence-electron chi connectivity index (χ4n) is 8.05. The highest BCUT2D eigenvalue weighted by Crippen LogP contribution is 2.51. The van der Waals surface area contributed by atoms with E-state index in [2.05, 4.69) is 85.1 Å². The molecule has 0 heteroatoms. The van der Waals surface area contributed by atoms with Crippen molar-refractivity contribution in [3.63, 3.8) is 0 Å². The van der Waals surface area contributed by atoms with E-state index in [-0.39, 0.29) is 0 Å². The van der Waals surface area contributed by atoms with Gasteiger partial charge in [-0.15, -0.1) is 0 Å². The average molecular weight is 493 g/mol. The highest BCUT2D eigenvalue weighted by molar-refractivity contribution is 5.67. The van der Waals surface area contributed by atoms with E-state index < -0.39 is 0 Å². The Morgan fingerprint density at radius 3 is 2.08 bits per heavy atom. The first-order valence-electron chi connectivity index (χ1n) is 14.9. The van der Waals surface area contributed by atoms with Crippen LogP contribution in [0.5, 0.6) is 0 Å². The summed E-state index contributed by atoms with van der Waals surface area (Å²) < 4.78 is 0. The molecule has 0 amide bonds. The van der Waals surface area contributed by atoms with Gasteiger partial charge in [-0.2, -0.15) is 0 Å². The van der Waals surface area contributed by atoms with Gasteiger partial charge in [0.05, 0.1) is 0 Å². The molecule has 0 heterocycles. The fraction of sp³-hybridized carbons (Fsp3) is 0.316. The topological polar surface area (TPSA) is 0 Å². The van der Waals surface area contributed by atoms with Crippen molar-refractivity contribution >= 4 is 0 Å². The molecule has 8 aliphatic rings. The molecular weight excluding hydrogens is 456 g/mol. The molecule has 0 radical (unpaired) electrons. The van der Waals surface area contributed by atoms with Gasteiger partial charge in [-0.25, -0.2) is 0 Å². The Morgan fingerprint density at radius 2 is 1.26 bits per heavy atom. The molecule has 188 valence electrons. The van der Waals surface area contributed by atoms with Gasteiger partial charge in [0.2, 0.25) is 0 Å². The van der Waals surface area contributed by atoms with Crippen LogP contribution in [0.1, 0.15) is 64.2 Å².